The van der Waals surface area contributed by atoms with E-state index in [0.29, 0.717) is 17.9 Å². The lowest BCUT2D eigenvalue weighted by Crippen LogP contribution is -2.11. The molecule has 8 heteroatoms. The first-order valence-electron chi connectivity index (χ1n) is 9.30. The van der Waals surface area contributed by atoms with Crippen LogP contribution in [0.25, 0.3) is 17.1 Å². The summed E-state index contributed by atoms with van der Waals surface area (Å²) in [5.74, 6) is 0.0784. The number of aromatic nitrogens is 2. The molecule has 0 unspecified atom stereocenters. The van der Waals surface area contributed by atoms with Crippen LogP contribution in [-0.4, -0.2) is 23.9 Å². The highest BCUT2D eigenvalue weighted by Gasteiger charge is 2.15. The van der Waals surface area contributed by atoms with Crippen LogP contribution >= 0.6 is 0 Å². The van der Waals surface area contributed by atoms with Crippen molar-refractivity contribution in [1.82, 2.24) is 9.55 Å². The third-order valence-electron chi connectivity index (χ3n) is 4.42. The minimum Gasteiger partial charge on any atom is -0.454 e. The summed E-state index contributed by atoms with van der Waals surface area (Å²) in [7, 11) is -3.82. The molecule has 3 aromatic rings. The van der Waals surface area contributed by atoms with Crippen LogP contribution in [0.4, 0.5) is 0 Å². The number of primary sulfonamides is 1. The van der Waals surface area contributed by atoms with E-state index in [4.69, 9.17) is 9.88 Å². The maximum Gasteiger partial charge on any atom is 0.331 e. The molecule has 2 N–H and O–H groups in total. The number of esters is 1. The second-order valence-corrected chi connectivity index (χ2v) is 8.14. The van der Waals surface area contributed by atoms with Crippen molar-refractivity contribution in [2.75, 3.05) is 0 Å². The van der Waals surface area contributed by atoms with Crippen molar-refractivity contribution in [2.45, 2.75) is 37.8 Å². The molecule has 0 saturated carbocycles. The summed E-state index contributed by atoms with van der Waals surface area (Å²) in [6.45, 7) is 2.75. The van der Waals surface area contributed by atoms with Crippen molar-refractivity contribution >= 4 is 33.1 Å². The lowest BCUT2D eigenvalue weighted by Gasteiger charge is -2.08. The van der Waals surface area contributed by atoms with Crippen molar-refractivity contribution in [3.63, 3.8) is 0 Å². The van der Waals surface area contributed by atoms with Gasteiger partial charge in [-0.15, -0.1) is 0 Å². The van der Waals surface area contributed by atoms with E-state index in [2.05, 4.69) is 11.9 Å². The highest BCUT2D eigenvalue weighted by atomic mass is 32.2. The van der Waals surface area contributed by atoms with Crippen LogP contribution in [0.5, 0.6) is 0 Å². The van der Waals surface area contributed by atoms with Gasteiger partial charge in [0.05, 0.1) is 15.9 Å². The standard InChI is InChI=1S/C21H23N3O4S/c1-2-3-13-24-19-11-10-17(29(22,26)27)14-18(19)23-20(24)15-28-21(25)12-9-16-7-5-4-6-8-16/h4-12,14H,2-3,13,15H2,1H3,(H2,22,26,27)/b12-9+. The third kappa shape index (κ3) is 5.30. The molecule has 7 nitrogen and oxygen atoms in total. The molecule has 3 rings (SSSR count). The van der Waals surface area contributed by atoms with Gasteiger partial charge in [0, 0.05) is 12.6 Å². The van der Waals surface area contributed by atoms with E-state index in [-0.39, 0.29) is 11.5 Å². The molecule has 0 amide bonds. The van der Waals surface area contributed by atoms with Crippen LogP contribution in [0.3, 0.4) is 0 Å². The Balaban J connectivity index is 1.81. The van der Waals surface area contributed by atoms with E-state index >= 15 is 0 Å². The maximum atomic E-state index is 12.1. The molecule has 0 saturated heterocycles. The highest BCUT2D eigenvalue weighted by Crippen LogP contribution is 2.21. The molecule has 0 radical (unpaired) electrons. The van der Waals surface area contributed by atoms with Gasteiger partial charge in [-0.1, -0.05) is 43.7 Å². The number of unbranched alkanes of at least 4 members (excludes halogenated alkanes) is 1. The molecule has 1 heterocycles. The van der Waals surface area contributed by atoms with E-state index in [0.717, 1.165) is 23.9 Å². The van der Waals surface area contributed by atoms with Crippen LogP contribution in [0.15, 0.2) is 59.5 Å². The van der Waals surface area contributed by atoms with Crippen LogP contribution in [0.1, 0.15) is 31.2 Å². The Bertz CT molecular complexity index is 1140. The number of rotatable bonds is 8. The predicted molar refractivity (Wildman–Crippen MR) is 111 cm³/mol. The average molecular weight is 413 g/mol. The summed E-state index contributed by atoms with van der Waals surface area (Å²) in [5, 5.41) is 5.21. The summed E-state index contributed by atoms with van der Waals surface area (Å²) in [6, 6.07) is 14.0. The lowest BCUT2D eigenvalue weighted by atomic mass is 10.2. The van der Waals surface area contributed by atoms with Crippen molar-refractivity contribution in [3.05, 3.63) is 66.0 Å². The zero-order chi connectivity index (χ0) is 20.9. The fourth-order valence-corrected chi connectivity index (χ4v) is 3.46. The van der Waals surface area contributed by atoms with Crippen LogP contribution < -0.4 is 5.14 Å². The average Bonchev–Trinajstić information content (AvgIpc) is 3.06. The Hall–Kier alpha value is -2.97. The molecule has 152 valence electrons. The number of imidazole rings is 1. The SMILES string of the molecule is CCCCn1c(COC(=O)/C=C/c2ccccc2)nc2cc(S(N)(=O)=O)ccc21. The first-order valence-corrected chi connectivity index (χ1v) is 10.8. The van der Waals surface area contributed by atoms with Gasteiger partial charge in [-0.25, -0.2) is 23.3 Å². The number of nitrogens with zero attached hydrogens (tertiary/aromatic N) is 2. The smallest absolute Gasteiger partial charge is 0.331 e. The van der Waals surface area contributed by atoms with Gasteiger partial charge in [-0.2, -0.15) is 0 Å². The number of nitrogens with two attached hydrogens (primary N) is 1. The normalized spacial score (nSPS) is 11.9. The van der Waals surface area contributed by atoms with E-state index in [1.54, 1.807) is 12.1 Å². The second-order valence-electron chi connectivity index (χ2n) is 6.58. The molecular formula is C21H23N3O4S. The molecule has 2 aromatic carbocycles. The Morgan fingerprint density at radius 2 is 1.97 bits per heavy atom. The zero-order valence-electron chi connectivity index (χ0n) is 16.1. The molecule has 0 spiro atoms. The maximum absolute atomic E-state index is 12.1. The minimum atomic E-state index is -3.82. The number of ether oxygens (including phenoxy) is 1. The molecule has 0 aliphatic rings. The molecule has 0 bridgehead atoms. The Kier molecular flexibility index (Phi) is 6.46. The highest BCUT2D eigenvalue weighted by molar-refractivity contribution is 7.89. The van der Waals surface area contributed by atoms with E-state index in [9.17, 15) is 13.2 Å². The molecule has 29 heavy (non-hydrogen) atoms. The number of carbonyl (C=O) groups excluding carboxylic acids is 1. The molecular weight excluding hydrogens is 390 g/mol. The summed E-state index contributed by atoms with van der Waals surface area (Å²) >= 11 is 0. The number of carbonyl (C=O) groups is 1. The molecule has 0 aliphatic heterocycles. The first-order chi connectivity index (χ1) is 13.9. The number of benzene rings is 2. The van der Waals surface area contributed by atoms with E-state index in [1.165, 1.54) is 18.2 Å². The Morgan fingerprint density at radius 1 is 1.21 bits per heavy atom. The fourth-order valence-electron chi connectivity index (χ4n) is 2.92. The molecule has 0 atom stereocenters. The molecule has 1 aromatic heterocycles. The van der Waals surface area contributed by atoms with Crippen LogP contribution in [0, 0.1) is 0 Å². The second kappa shape index (κ2) is 9.02. The topological polar surface area (TPSA) is 104 Å². The van der Waals surface area contributed by atoms with E-state index < -0.39 is 16.0 Å². The number of hydrogen-bond acceptors (Lipinski definition) is 5. The Morgan fingerprint density at radius 3 is 2.66 bits per heavy atom. The number of hydrogen-bond donors (Lipinski definition) is 1. The summed E-state index contributed by atoms with van der Waals surface area (Å²) < 4.78 is 30.5. The van der Waals surface area contributed by atoms with Gasteiger partial charge >= 0.3 is 5.97 Å². The van der Waals surface area contributed by atoms with Gasteiger partial charge in [0.25, 0.3) is 0 Å². The van der Waals surface area contributed by atoms with E-state index in [1.807, 2.05) is 34.9 Å². The van der Waals surface area contributed by atoms with Gasteiger partial charge in [0.1, 0.15) is 12.4 Å². The van der Waals surface area contributed by atoms with Gasteiger partial charge < -0.3 is 9.30 Å². The van der Waals surface area contributed by atoms with Crippen molar-refractivity contribution in [2.24, 2.45) is 5.14 Å². The summed E-state index contributed by atoms with van der Waals surface area (Å²) in [6.07, 6.45) is 4.94. The largest absolute Gasteiger partial charge is 0.454 e. The monoisotopic (exact) mass is 413 g/mol. The van der Waals surface area contributed by atoms with Gasteiger partial charge in [0.15, 0.2) is 0 Å². The zero-order valence-corrected chi connectivity index (χ0v) is 16.9. The van der Waals surface area contributed by atoms with Gasteiger partial charge in [-0.3, -0.25) is 0 Å². The van der Waals surface area contributed by atoms with Gasteiger partial charge in [0.2, 0.25) is 10.0 Å². The molecule has 0 fully saturated rings. The van der Waals surface area contributed by atoms with Crippen molar-refractivity contribution < 1.29 is 17.9 Å². The third-order valence-corrected chi connectivity index (χ3v) is 5.33. The lowest BCUT2D eigenvalue weighted by molar-refractivity contribution is -0.139. The van der Waals surface area contributed by atoms with Crippen LogP contribution in [0.2, 0.25) is 0 Å². The molecule has 0 aliphatic carbocycles. The van der Waals surface area contributed by atoms with Crippen molar-refractivity contribution in [3.8, 4) is 0 Å². The van der Waals surface area contributed by atoms with Crippen LogP contribution in [-0.2, 0) is 32.7 Å². The number of sulfonamides is 1. The van der Waals surface area contributed by atoms with Gasteiger partial charge in [-0.05, 0) is 36.3 Å². The van der Waals surface area contributed by atoms with Crippen molar-refractivity contribution in [1.29, 1.82) is 0 Å². The quantitative estimate of drug-likeness (QED) is 0.451. The number of fused-ring (bicyclic) bond motifs is 1. The predicted octanol–water partition coefficient (Wildman–Crippen LogP) is 3.24. The minimum absolute atomic E-state index is 0.000481. The number of aryl methyl sites for hydroxylation is 1. The fraction of sp³-hybridized carbons (Fsp3) is 0.238. The summed E-state index contributed by atoms with van der Waals surface area (Å²) in [5.41, 5.74) is 2.17. The summed E-state index contributed by atoms with van der Waals surface area (Å²) in [4.78, 5) is 16.5. The first kappa shape index (κ1) is 20.8. The Labute approximate surface area is 169 Å².